The Morgan fingerprint density at radius 1 is 1.36 bits per heavy atom. The summed E-state index contributed by atoms with van der Waals surface area (Å²) in [6.45, 7) is 9.44. The molecule has 0 aromatic carbocycles. The highest BCUT2D eigenvalue weighted by atomic mass is 32.1. The Kier molecular flexibility index (Phi) is 6.39. The molecular weight excluding hydrogens is 296 g/mol. The molecule has 2 heterocycles. The van der Waals surface area contributed by atoms with E-state index < -0.39 is 0 Å². The molecule has 0 aliphatic heterocycles. The van der Waals surface area contributed by atoms with Crippen LogP contribution in [0.5, 0.6) is 0 Å². The van der Waals surface area contributed by atoms with Crippen molar-refractivity contribution in [3.63, 3.8) is 0 Å². The molecule has 2 aromatic rings. The lowest BCUT2D eigenvalue weighted by molar-refractivity contribution is 0.570. The van der Waals surface area contributed by atoms with Crippen molar-refractivity contribution in [1.29, 1.82) is 0 Å². The van der Waals surface area contributed by atoms with Crippen LogP contribution in [0.4, 0.5) is 0 Å². The van der Waals surface area contributed by atoms with E-state index in [2.05, 4.69) is 39.6 Å². The van der Waals surface area contributed by atoms with Crippen molar-refractivity contribution in [2.75, 3.05) is 13.1 Å². The first-order valence-electron chi connectivity index (χ1n) is 7.61. The largest absolute Gasteiger partial charge is 0.357 e. The standard InChI is InChI=1S/C15H24N6S/c1-4-16-15(17-7-5-9-21-10-6-8-19-21)18-11-14-20-12(2)13(3)22-14/h6,8,10H,4-5,7,9,11H2,1-3H3,(H2,16,17,18). The molecule has 0 spiro atoms. The fraction of sp³-hybridized carbons (Fsp3) is 0.533. The zero-order valence-corrected chi connectivity index (χ0v) is 14.3. The minimum Gasteiger partial charge on any atom is -0.357 e. The van der Waals surface area contributed by atoms with E-state index in [0.717, 1.165) is 42.7 Å². The van der Waals surface area contributed by atoms with Gasteiger partial charge >= 0.3 is 0 Å². The third-order valence-electron chi connectivity index (χ3n) is 3.21. The number of thiazole rings is 1. The molecule has 2 rings (SSSR count). The molecular formula is C15H24N6S. The van der Waals surface area contributed by atoms with Crippen LogP contribution in [0.25, 0.3) is 0 Å². The summed E-state index contributed by atoms with van der Waals surface area (Å²) >= 11 is 1.72. The van der Waals surface area contributed by atoms with Crippen molar-refractivity contribution in [3.05, 3.63) is 34.0 Å². The average molecular weight is 320 g/mol. The number of aryl methyl sites for hydroxylation is 3. The molecule has 2 N–H and O–H groups in total. The summed E-state index contributed by atoms with van der Waals surface area (Å²) in [6.07, 6.45) is 4.78. The van der Waals surface area contributed by atoms with Crippen molar-refractivity contribution >= 4 is 17.3 Å². The highest BCUT2D eigenvalue weighted by Crippen LogP contribution is 2.16. The maximum Gasteiger partial charge on any atom is 0.191 e. The minimum absolute atomic E-state index is 0.619. The van der Waals surface area contributed by atoms with Crippen LogP contribution < -0.4 is 10.6 Å². The third kappa shape index (κ3) is 5.14. The van der Waals surface area contributed by atoms with Crippen molar-refractivity contribution in [1.82, 2.24) is 25.4 Å². The first-order valence-corrected chi connectivity index (χ1v) is 8.43. The van der Waals surface area contributed by atoms with E-state index in [1.165, 1.54) is 4.88 Å². The zero-order chi connectivity index (χ0) is 15.8. The normalized spacial score (nSPS) is 11.7. The Balaban J connectivity index is 1.79. The molecule has 0 aliphatic carbocycles. The smallest absolute Gasteiger partial charge is 0.191 e. The summed E-state index contributed by atoms with van der Waals surface area (Å²) in [7, 11) is 0. The summed E-state index contributed by atoms with van der Waals surface area (Å²) in [5.41, 5.74) is 1.10. The summed E-state index contributed by atoms with van der Waals surface area (Å²) in [4.78, 5) is 10.4. The zero-order valence-electron chi connectivity index (χ0n) is 13.5. The van der Waals surface area contributed by atoms with Gasteiger partial charge in [0.2, 0.25) is 0 Å². The molecule has 0 unspecified atom stereocenters. The molecule has 22 heavy (non-hydrogen) atoms. The van der Waals surface area contributed by atoms with Gasteiger partial charge in [-0.2, -0.15) is 5.10 Å². The van der Waals surface area contributed by atoms with Gasteiger partial charge in [0, 0.05) is 36.9 Å². The van der Waals surface area contributed by atoms with Gasteiger partial charge < -0.3 is 10.6 Å². The van der Waals surface area contributed by atoms with E-state index in [4.69, 9.17) is 0 Å². The maximum atomic E-state index is 4.59. The lowest BCUT2D eigenvalue weighted by Crippen LogP contribution is -2.38. The van der Waals surface area contributed by atoms with Crippen LogP contribution in [0.1, 0.15) is 28.9 Å². The van der Waals surface area contributed by atoms with E-state index in [-0.39, 0.29) is 0 Å². The van der Waals surface area contributed by atoms with Crippen LogP contribution in [-0.2, 0) is 13.1 Å². The average Bonchev–Trinajstić information content (AvgIpc) is 3.11. The van der Waals surface area contributed by atoms with Gasteiger partial charge in [0.1, 0.15) is 5.01 Å². The Labute approximate surface area is 135 Å². The van der Waals surface area contributed by atoms with Crippen LogP contribution in [-0.4, -0.2) is 33.8 Å². The fourth-order valence-corrected chi connectivity index (χ4v) is 2.83. The highest BCUT2D eigenvalue weighted by molar-refractivity contribution is 7.11. The predicted octanol–water partition coefficient (Wildman–Crippen LogP) is 2.10. The summed E-state index contributed by atoms with van der Waals surface area (Å²) < 4.78 is 1.94. The van der Waals surface area contributed by atoms with E-state index in [1.54, 1.807) is 17.5 Å². The number of nitrogens with zero attached hydrogens (tertiary/aromatic N) is 4. The molecule has 2 aromatic heterocycles. The molecule has 0 saturated heterocycles. The second-order valence-corrected chi connectivity index (χ2v) is 6.28. The van der Waals surface area contributed by atoms with Gasteiger partial charge in [0.05, 0.1) is 12.2 Å². The van der Waals surface area contributed by atoms with E-state index in [1.807, 2.05) is 23.9 Å². The monoisotopic (exact) mass is 320 g/mol. The van der Waals surface area contributed by atoms with Crippen LogP contribution in [0.3, 0.4) is 0 Å². The summed E-state index contributed by atoms with van der Waals surface area (Å²) in [5.74, 6) is 0.841. The first-order chi connectivity index (χ1) is 10.7. The maximum absolute atomic E-state index is 4.59. The Morgan fingerprint density at radius 3 is 2.86 bits per heavy atom. The van der Waals surface area contributed by atoms with E-state index in [0.29, 0.717) is 6.54 Å². The Hall–Kier alpha value is -1.89. The SMILES string of the molecule is CCNC(=NCc1nc(C)c(C)s1)NCCCn1cccn1. The van der Waals surface area contributed by atoms with Gasteiger partial charge in [-0.3, -0.25) is 4.68 Å². The second kappa shape index (κ2) is 8.53. The molecule has 6 nitrogen and oxygen atoms in total. The van der Waals surface area contributed by atoms with Gasteiger partial charge in [-0.25, -0.2) is 9.98 Å². The van der Waals surface area contributed by atoms with Crippen LogP contribution in [0.15, 0.2) is 23.5 Å². The summed E-state index contributed by atoms with van der Waals surface area (Å²) in [6, 6.07) is 1.94. The number of hydrogen-bond acceptors (Lipinski definition) is 4. The molecule has 120 valence electrons. The predicted molar refractivity (Wildman–Crippen MR) is 91.3 cm³/mol. The molecule has 0 bridgehead atoms. The third-order valence-corrected chi connectivity index (χ3v) is 4.26. The summed E-state index contributed by atoms with van der Waals surface area (Å²) in [5, 5.41) is 11.9. The molecule has 0 amide bonds. The van der Waals surface area contributed by atoms with Crippen molar-refractivity contribution < 1.29 is 0 Å². The number of guanidine groups is 1. The van der Waals surface area contributed by atoms with Crippen LogP contribution >= 0.6 is 11.3 Å². The Bertz CT molecular complexity index is 568. The topological polar surface area (TPSA) is 67.1 Å². The lowest BCUT2D eigenvalue weighted by Gasteiger charge is -2.10. The van der Waals surface area contributed by atoms with Gasteiger partial charge in [-0.1, -0.05) is 0 Å². The molecule has 0 atom stereocenters. The van der Waals surface area contributed by atoms with Crippen molar-refractivity contribution in [3.8, 4) is 0 Å². The van der Waals surface area contributed by atoms with E-state index in [9.17, 15) is 0 Å². The molecule has 0 saturated carbocycles. The van der Waals surface area contributed by atoms with Crippen molar-refractivity contribution in [2.24, 2.45) is 4.99 Å². The minimum atomic E-state index is 0.619. The number of aliphatic imine (C=N–C) groups is 1. The fourth-order valence-electron chi connectivity index (χ4n) is 1.98. The number of rotatable bonds is 7. The quantitative estimate of drug-likeness (QED) is 0.466. The highest BCUT2D eigenvalue weighted by Gasteiger charge is 2.03. The van der Waals surface area contributed by atoms with Gasteiger partial charge in [0.25, 0.3) is 0 Å². The van der Waals surface area contributed by atoms with Gasteiger partial charge in [0.15, 0.2) is 5.96 Å². The number of hydrogen-bond donors (Lipinski definition) is 2. The van der Waals surface area contributed by atoms with Crippen molar-refractivity contribution in [2.45, 2.75) is 40.3 Å². The molecule has 0 aliphatic rings. The Morgan fingerprint density at radius 2 is 2.23 bits per heavy atom. The second-order valence-electron chi connectivity index (χ2n) is 4.99. The molecule has 0 fully saturated rings. The van der Waals surface area contributed by atoms with Gasteiger partial charge in [-0.05, 0) is 33.3 Å². The van der Waals surface area contributed by atoms with E-state index >= 15 is 0 Å². The van der Waals surface area contributed by atoms with Crippen LogP contribution in [0, 0.1) is 13.8 Å². The number of aromatic nitrogens is 3. The van der Waals surface area contributed by atoms with Gasteiger partial charge in [-0.15, -0.1) is 11.3 Å². The van der Waals surface area contributed by atoms with Crippen LogP contribution in [0.2, 0.25) is 0 Å². The first kappa shape index (κ1) is 16.5. The lowest BCUT2D eigenvalue weighted by atomic mass is 10.4. The molecule has 7 heteroatoms. The molecule has 0 radical (unpaired) electrons. The number of nitrogens with one attached hydrogen (secondary N) is 2.